The van der Waals surface area contributed by atoms with Crippen molar-refractivity contribution in [3.8, 4) is 0 Å². The van der Waals surface area contributed by atoms with Gasteiger partial charge in [0.15, 0.2) is 0 Å². The van der Waals surface area contributed by atoms with Crippen molar-refractivity contribution in [2.45, 2.75) is 6.92 Å². The van der Waals surface area contributed by atoms with Gasteiger partial charge in [-0.3, -0.25) is 14.0 Å². The highest BCUT2D eigenvalue weighted by atomic mass is 32.2. The molecule has 17 heavy (non-hydrogen) atoms. The minimum atomic E-state index is -0.814. The molecule has 1 atom stereocenters. The summed E-state index contributed by atoms with van der Waals surface area (Å²) < 4.78 is 10.9. The van der Waals surface area contributed by atoms with Gasteiger partial charge in [0.25, 0.3) is 5.91 Å². The predicted molar refractivity (Wildman–Crippen MR) is 69.7 cm³/mol. The third kappa shape index (κ3) is 4.95. The Labute approximate surface area is 103 Å². The molecule has 5 nitrogen and oxygen atoms in total. The van der Waals surface area contributed by atoms with Gasteiger partial charge in [-0.15, -0.1) is 0 Å². The first kappa shape index (κ1) is 13.6. The van der Waals surface area contributed by atoms with Crippen LogP contribution in [0.3, 0.4) is 0 Å². The molecule has 6 heteroatoms. The number of anilines is 1. The van der Waals surface area contributed by atoms with Crippen LogP contribution in [0.4, 0.5) is 5.69 Å². The van der Waals surface area contributed by atoms with Crippen LogP contribution in [0.1, 0.15) is 17.4 Å². The fourth-order valence-electron chi connectivity index (χ4n) is 1.25. The fraction of sp³-hybridized carbons (Fsp3) is 0.455. The summed E-state index contributed by atoms with van der Waals surface area (Å²) in [5.74, 6) is 0.397. The maximum atomic E-state index is 11.5. The van der Waals surface area contributed by atoms with Crippen molar-refractivity contribution in [1.29, 1.82) is 0 Å². The van der Waals surface area contributed by atoms with E-state index in [1.807, 2.05) is 6.92 Å². The number of hydrogen-bond acceptors (Lipinski definition) is 4. The van der Waals surface area contributed by atoms with Crippen LogP contribution in [-0.4, -0.2) is 40.2 Å². The molecule has 0 spiro atoms. The smallest absolute Gasteiger partial charge is 0.269 e. The van der Waals surface area contributed by atoms with E-state index in [4.69, 9.17) is 0 Å². The highest BCUT2D eigenvalue weighted by molar-refractivity contribution is 7.84. The lowest BCUT2D eigenvalue weighted by Gasteiger charge is -2.06. The lowest BCUT2D eigenvalue weighted by atomic mass is 10.3. The molecule has 0 saturated heterocycles. The minimum absolute atomic E-state index is 0.185. The van der Waals surface area contributed by atoms with E-state index in [-0.39, 0.29) is 5.91 Å². The molecule has 0 aromatic carbocycles. The summed E-state index contributed by atoms with van der Waals surface area (Å²) >= 11 is 0. The fourth-order valence-corrected chi connectivity index (χ4v) is 1.64. The normalized spacial score (nSPS) is 11.9. The number of rotatable bonds is 6. The predicted octanol–water partition coefficient (Wildman–Crippen LogP) is 0.622. The Morgan fingerprint density at radius 2 is 2.29 bits per heavy atom. The van der Waals surface area contributed by atoms with E-state index in [9.17, 15) is 9.00 Å². The van der Waals surface area contributed by atoms with Crippen LogP contribution in [0.15, 0.2) is 18.3 Å². The molecule has 94 valence electrons. The number of nitrogens with one attached hydrogen (secondary N) is 2. The van der Waals surface area contributed by atoms with Gasteiger partial charge >= 0.3 is 0 Å². The van der Waals surface area contributed by atoms with Crippen LogP contribution < -0.4 is 10.6 Å². The lowest BCUT2D eigenvalue weighted by molar-refractivity contribution is 0.0951. The van der Waals surface area contributed by atoms with E-state index in [1.165, 1.54) is 0 Å². The summed E-state index contributed by atoms with van der Waals surface area (Å²) in [4.78, 5) is 15.5. The Hall–Kier alpha value is -1.43. The second kappa shape index (κ2) is 7.01. The summed E-state index contributed by atoms with van der Waals surface area (Å²) in [6, 6.07) is 3.46. The van der Waals surface area contributed by atoms with Crippen molar-refractivity contribution >= 4 is 22.4 Å². The van der Waals surface area contributed by atoms with Crippen LogP contribution in [0.2, 0.25) is 0 Å². The zero-order chi connectivity index (χ0) is 12.7. The first-order valence-electron chi connectivity index (χ1n) is 5.41. The molecule has 0 aliphatic rings. The van der Waals surface area contributed by atoms with E-state index in [1.54, 1.807) is 24.6 Å². The number of carbonyl (C=O) groups is 1. The molecule has 1 unspecified atom stereocenters. The van der Waals surface area contributed by atoms with Crippen molar-refractivity contribution < 1.29 is 9.00 Å². The van der Waals surface area contributed by atoms with E-state index in [2.05, 4.69) is 15.6 Å². The van der Waals surface area contributed by atoms with Crippen LogP contribution >= 0.6 is 0 Å². The molecule has 1 heterocycles. The molecule has 1 amide bonds. The van der Waals surface area contributed by atoms with Crippen LogP contribution in [0, 0.1) is 0 Å². The molecule has 1 rings (SSSR count). The average Bonchev–Trinajstić information content (AvgIpc) is 2.29. The van der Waals surface area contributed by atoms with Crippen molar-refractivity contribution in [1.82, 2.24) is 10.3 Å². The van der Waals surface area contributed by atoms with Gasteiger partial charge in [0.05, 0.1) is 0 Å². The van der Waals surface area contributed by atoms with Crippen molar-refractivity contribution in [2.75, 3.05) is 30.4 Å². The zero-order valence-corrected chi connectivity index (χ0v) is 10.8. The second-order valence-electron chi connectivity index (χ2n) is 3.49. The highest BCUT2D eigenvalue weighted by Crippen LogP contribution is 2.07. The molecular weight excluding hydrogens is 238 g/mol. The summed E-state index contributed by atoms with van der Waals surface area (Å²) in [6.07, 6.45) is 3.24. The average molecular weight is 255 g/mol. The SMILES string of the molecule is CCNC(=O)c1cc(NCCS(C)=O)ccn1. The Morgan fingerprint density at radius 1 is 1.53 bits per heavy atom. The third-order valence-corrected chi connectivity index (χ3v) is 2.83. The summed E-state index contributed by atoms with van der Waals surface area (Å²) in [5, 5.41) is 5.79. The molecule has 0 aliphatic heterocycles. The standard InChI is InChI=1S/C11H17N3O2S/c1-3-12-11(15)10-8-9(4-5-14-10)13-6-7-17(2)16/h4-5,8H,3,6-7H2,1-2H3,(H,12,15)(H,13,14). The number of pyridine rings is 1. The Kier molecular flexibility index (Phi) is 5.62. The number of nitrogens with zero attached hydrogens (tertiary/aromatic N) is 1. The van der Waals surface area contributed by atoms with Gasteiger partial charge in [0.1, 0.15) is 5.69 Å². The highest BCUT2D eigenvalue weighted by Gasteiger charge is 2.05. The van der Waals surface area contributed by atoms with Gasteiger partial charge in [-0.05, 0) is 19.1 Å². The number of hydrogen-bond donors (Lipinski definition) is 2. The van der Waals surface area contributed by atoms with Crippen molar-refractivity contribution in [2.24, 2.45) is 0 Å². The van der Waals surface area contributed by atoms with Gasteiger partial charge in [-0.2, -0.15) is 0 Å². The summed E-state index contributed by atoms with van der Waals surface area (Å²) in [5.41, 5.74) is 1.20. The van der Waals surface area contributed by atoms with Gasteiger partial charge in [0, 0.05) is 47.8 Å². The molecular formula is C11H17N3O2S. The molecule has 0 fully saturated rings. The zero-order valence-electron chi connectivity index (χ0n) is 10.0. The third-order valence-electron chi connectivity index (χ3n) is 2.05. The number of aromatic nitrogens is 1. The summed E-state index contributed by atoms with van der Waals surface area (Å²) in [7, 11) is -0.814. The first-order chi connectivity index (χ1) is 8.13. The van der Waals surface area contributed by atoms with Gasteiger partial charge in [-0.1, -0.05) is 0 Å². The van der Waals surface area contributed by atoms with E-state index in [0.29, 0.717) is 24.5 Å². The molecule has 1 aromatic rings. The first-order valence-corrected chi connectivity index (χ1v) is 7.14. The monoisotopic (exact) mass is 255 g/mol. The van der Waals surface area contributed by atoms with Crippen molar-refractivity contribution in [3.63, 3.8) is 0 Å². The quantitative estimate of drug-likeness (QED) is 0.782. The van der Waals surface area contributed by atoms with Gasteiger partial charge in [-0.25, -0.2) is 0 Å². The molecule has 0 aliphatic carbocycles. The van der Waals surface area contributed by atoms with Crippen molar-refractivity contribution in [3.05, 3.63) is 24.0 Å². The molecule has 1 aromatic heterocycles. The van der Waals surface area contributed by atoms with Gasteiger partial charge in [0.2, 0.25) is 0 Å². The maximum Gasteiger partial charge on any atom is 0.269 e. The van der Waals surface area contributed by atoms with Crippen LogP contribution in [0.25, 0.3) is 0 Å². The molecule has 0 radical (unpaired) electrons. The van der Waals surface area contributed by atoms with E-state index in [0.717, 1.165) is 5.69 Å². The van der Waals surface area contributed by atoms with Crippen LogP contribution in [-0.2, 0) is 10.8 Å². The maximum absolute atomic E-state index is 11.5. The van der Waals surface area contributed by atoms with E-state index >= 15 is 0 Å². The van der Waals surface area contributed by atoms with Crippen LogP contribution in [0.5, 0.6) is 0 Å². The Balaban J connectivity index is 2.59. The van der Waals surface area contributed by atoms with E-state index < -0.39 is 10.8 Å². The molecule has 0 bridgehead atoms. The molecule has 2 N–H and O–H groups in total. The topological polar surface area (TPSA) is 71.1 Å². The Morgan fingerprint density at radius 3 is 2.94 bits per heavy atom. The lowest BCUT2D eigenvalue weighted by Crippen LogP contribution is -2.23. The number of carbonyl (C=O) groups excluding carboxylic acids is 1. The van der Waals surface area contributed by atoms with Gasteiger partial charge < -0.3 is 10.6 Å². The minimum Gasteiger partial charge on any atom is -0.384 e. The summed E-state index contributed by atoms with van der Waals surface area (Å²) in [6.45, 7) is 3.05. The number of amides is 1. The second-order valence-corrected chi connectivity index (χ2v) is 5.05. The molecule has 0 saturated carbocycles. The largest absolute Gasteiger partial charge is 0.384 e. The Bertz CT molecular complexity index is 409.